The van der Waals surface area contributed by atoms with Gasteiger partial charge in [0.05, 0.1) is 20.8 Å². The average Bonchev–Trinajstić information content (AvgIpc) is 3.02. The fourth-order valence-corrected chi connectivity index (χ4v) is 4.48. The number of alkyl carbamates (subject to hydrolysis) is 2. The molecule has 2 N–H and O–H groups in total. The number of ether oxygens (including phenoxy) is 4. The molecule has 0 spiro atoms. The standard InChI is InChI=1S/C35H45N3O7/c1-35(2,3)45-34(41)37-31(13-9-10-22-44-33(40)36-23-26-11-7-6-8-12-26)32(39)38(24-27-14-18-29(42-4)19-15-27)25-28-16-20-30(43-5)21-17-28/h6-8,11-12,14-21,31H,9-10,13,22-25H2,1-5H3,(H,36,40)(H,37,41)/t31-/m0/s1. The molecule has 0 aliphatic carbocycles. The summed E-state index contributed by atoms with van der Waals surface area (Å²) in [5, 5.41) is 5.52. The van der Waals surface area contributed by atoms with E-state index in [0.29, 0.717) is 50.4 Å². The van der Waals surface area contributed by atoms with Gasteiger partial charge >= 0.3 is 12.2 Å². The maximum atomic E-state index is 14.1. The molecule has 0 unspecified atom stereocenters. The Morgan fingerprint density at radius 1 is 0.733 bits per heavy atom. The molecule has 0 fully saturated rings. The van der Waals surface area contributed by atoms with Crippen molar-refractivity contribution in [1.82, 2.24) is 15.5 Å². The van der Waals surface area contributed by atoms with Crippen LogP contribution in [0.4, 0.5) is 9.59 Å². The molecule has 242 valence electrons. The minimum absolute atomic E-state index is 0.176. The van der Waals surface area contributed by atoms with Gasteiger partial charge in [0, 0.05) is 19.6 Å². The number of amides is 3. The molecular formula is C35H45N3O7. The Hall–Kier alpha value is -4.73. The van der Waals surface area contributed by atoms with E-state index in [-0.39, 0.29) is 12.5 Å². The number of methoxy groups -OCH3 is 2. The lowest BCUT2D eigenvalue weighted by atomic mass is 10.1. The summed E-state index contributed by atoms with van der Waals surface area (Å²) in [6.07, 6.45) is 0.177. The lowest BCUT2D eigenvalue weighted by molar-refractivity contribution is -0.135. The number of benzene rings is 3. The van der Waals surface area contributed by atoms with Crippen molar-refractivity contribution in [3.63, 3.8) is 0 Å². The predicted octanol–water partition coefficient (Wildman–Crippen LogP) is 6.22. The Balaban J connectivity index is 1.68. The molecule has 0 radical (unpaired) electrons. The Morgan fingerprint density at radius 2 is 1.29 bits per heavy atom. The highest BCUT2D eigenvalue weighted by atomic mass is 16.6. The van der Waals surface area contributed by atoms with Gasteiger partial charge in [-0.25, -0.2) is 9.59 Å². The summed E-state index contributed by atoms with van der Waals surface area (Å²) in [6.45, 7) is 6.47. The maximum Gasteiger partial charge on any atom is 0.408 e. The van der Waals surface area contributed by atoms with Crippen LogP contribution in [0.15, 0.2) is 78.9 Å². The Labute approximate surface area is 266 Å². The van der Waals surface area contributed by atoms with Gasteiger partial charge in [0.25, 0.3) is 0 Å². The topological polar surface area (TPSA) is 115 Å². The van der Waals surface area contributed by atoms with Gasteiger partial charge in [-0.15, -0.1) is 0 Å². The molecule has 0 saturated heterocycles. The summed E-state index contributed by atoms with van der Waals surface area (Å²) in [5.41, 5.74) is 2.05. The lowest BCUT2D eigenvalue weighted by Crippen LogP contribution is -2.49. The third-order valence-corrected chi connectivity index (χ3v) is 6.77. The SMILES string of the molecule is COc1ccc(CN(Cc2ccc(OC)cc2)C(=O)[C@H](CCCCOC(=O)NCc2ccccc2)NC(=O)OC(C)(C)C)cc1. The Morgan fingerprint density at radius 3 is 1.80 bits per heavy atom. The minimum atomic E-state index is -0.858. The fourth-order valence-electron chi connectivity index (χ4n) is 4.48. The van der Waals surface area contributed by atoms with Crippen LogP contribution in [-0.4, -0.2) is 55.5 Å². The highest BCUT2D eigenvalue weighted by Crippen LogP contribution is 2.19. The summed E-state index contributed by atoms with van der Waals surface area (Å²) in [4.78, 5) is 40.8. The molecule has 3 aromatic rings. The van der Waals surface area contributed by atoms with Crippen LogP contribution in [0.25, 0.3) is 0 Å². The van der Waals surface area contributed by atoms with Gasteiger partial charge in [0.15, 0.2) is 0 Å². The predicted molar refractivity (Wildman–Crippen MR) is 172 cm³/mol. The van der Waals surface area contributed by atoms with Crippen LogP contribution in [0.2, 0.25) is 0 Å². The second-order valence-electron chi connectivity index (χ2n) is 11.6. The molecule has 0 aromatic heterocycles. The van der Waals surface area contributed by atoms with Gasteiger partial charge < -0.3 is 34.5 Å². The van der Waals surface area contributed by atoms with Crippen molar-refractivity contribution in [3.8, 4) is 11.5 Å². The summed E-state index contributed by atoms with van der Waals surface area (Å²) in [5.74, 6) is 1.17. The van der Waals surface area contributed by atoms with E-state index in [1.807, 2.05) is 78.9 Å². The van der Waals surface area contributed by atoms with Gasteiger partial charge in [0.2, 0.25) is 5.91 Å². The zero-order valence-electron chi connectivity index (χ0n) is 26.8. The molecule has 0 heterocycles. The fraction of sp³-hybridized carbons (Fsp3) is 0.400. The number of nitrogens with one attached hydrogen (secondary N) is 2. The first-order valence-corrected chi connectivity index (χ1v) is 15.0. The first-order chi connectivity index (χ1) is 21.6. The van der Waals surface area contributed by atoms with Crippen molar-refractivity contribution >= 4 is 18.1 Å². The van der Waals surface area contributed by atoms with E-state index in [4.69, 9.17) is 18.9 Å². The third kappa shape index (κ3) is 12.8. The van der Waals surface area contributed by atoms with Crippen molar-refractivity contribution in [2.75, 3.05) is 20.8 Å². The van der Waals surface area contributed by atoms with E-state index >= 15 is 0 Å². The van der Waals surface area contributed by atoms with Crippen molar-refractivity contribution in [2.45, 2.75) is 71.3 Å². The van der Waals surface area contributed by atoms with Crippen molar-refractivity contribution in [2.24, 2.45) is 0 Å². The van der Waals surface area contributed by atoms with Gasteiger partial charge in [0.1, 0.15) is 23.1 Å². The van der Waals surface area contributed by atoms with Crippen molar-refractivity contribution in [1.29, 1.82) is 0 Å². The lowest BCUT2D eigenvalue weighted by Gasteiger charge is -2.29. The molecule has 1 atom stereocenters. The molecule has 0 saturated carbocycles. The van der Waals surface area contributed by atoms with Crippen LogP contribution < -0.4 is 20.1 Å². The quantitative estimate of drug-likeness (QED) is 0.194. The molecular weight excluding hydrogens is 574 g/mol. The Kier molecular flexibility index (Phi) is 13.5. The van der Waals surface area contributed by atoms with Gasteiger partial charge in [-0.05, 0) is 81.0 Å². The Bertz CT molecular complexity index is 1290. The van der Waals surface area contributed by atoms with E-state index in [1.54, 1.807) is 39.9 Å². The first kappa shape index (κ1) is 34.8. The van der Waals surface area contributed by atoms with Gasteiger partial charge in [-0.2, -0.15) is 0 Å². The van der Waals surface area contributed by atoms with Crippen LogP contribution in [-0.2, 0) is 33.9 Å². The van der Waals surface area contributed by atoms with E-state index in [2.05, 4.69) is 10.6 Å². The van der Waals surface area contributed by atoms with Crippen LogP contribution in [0.3, 0.4) is 0 Å². The molecule has 3 rings (SSSR count). The number of carbonyl (C=O) groups excluding carboxylic acids is 3. The number of nitrogens with zero attached hydrogens (tertiary/aromatic N) is 1. The summed E-state index contributed by atoms with van der Waals surface area (Å²) < 4.78 is 21.4. The summed E-state index contributed by atoms with van der Waals surface area (Å²) in [6, 6.07) is 23.7. The molecule has 0 aliphatic rings. The number of rotatable bonds is 15. The third-order valence-electron chi connectivity index (χ3n) is 6.77. The van der Waals surface area contributed by atoms with Crippen molar-refractivity contribution in [3.05, 3.63) is 95.6 Å². The monoisotopic (exact) mass is 619 g/mol. The normalized spacial score (nSPS) is 11.6. The van der Waals surface area contributed by atoms with Gasteiger partial charge in [-0.1, -0.05) is 54.6 Å². The summed E-state index contributed by atoms with van der Waals surface area (Å²) in [7, 11) is 3.20. The maximum absolute atomic E-state index is 14.1. The zero-order chi connectivity index (χ0) is 32.7. The minimum Gasteiger partial charge on any atom is -0.497 e. The average molecular weight is 620 g/mol. The zero-order valence-corrected chi connectivity index (χ0v) is 26.8. The van der Waals surface area contributed by atoms with Crippen molar-refractivity contribution < 1.29 is 33.3 Å². The molecule has 3 amide bonds. The molecule has 0 bridgehead atoms. The number of hydrogen-bond donors (Lipinski definition) is 2. The smallest absolute Gasteiger partial charge is 0.408 e. The number of unbranched alkanes of at least 4 members (excludes halogenated alkanes) is 1. The summed E-state index contributed by atoms with van der Waals surface area (Å²) >= 11 is 0. The van der Waals surface area contributed by atoms with E-state index < -0.39 is 23.8 Å². The van der Waals surface area contributed by atoms with Crippen LogP contribution in [0.5, 0.6) is 11.5 Å². The van der Waals surface area contributed by atoms with E-state index in [1.165, 1.54) is 0 Å². The van der Waals surface area contributed by atoms with Crippen LogP contribution in [0, 0.1) is 0 Å². The molecule has 10 nitrogen and oxygen atoms in total. The molecule has 3 aromatic carbocycles. The second-order valence-corrected chi connectivity index (χ2v) is 11.6. The van der Waals surface area contributed by atoms with Gasteiger partial charge in [-0.3, -0.25) is 4.79 Å². The first-order valence-electron chi connectivity index (χ1n) is 15.0. The van der Waals surface area contributed by atoms with E-state index in [0.717, 1.165) is 16.7 Å². The highest BCUT2D eigenvalue weighted by molar-refractivity contribution is 5.85. The van der Waals surface area contributed by atoms with E-state index in [9.17, 15) is 14.4 Å². The van der Waals surface area contributed by atoms with Crippen LogP contribution >= 0.6 is 0 Å². The number of carbonyl (C=O) groups is 3. The largest absolute Gasteiger partial charge is 0.497 e. The molecule has 0 aliphatic heterocycles. The molecule has 45 heavy (non-hydrogen) atoms. The highest BCUT2D eigenvalue weighted by Gasteiger charge is 2.28. The molecule has 10 heteroatoms. The number of hydrogen-bond acceptors (Lipinski definition) is 7. The second kappa shape index (κ2) is 17.5. The van der Waals surface area contributed by atoms with Crippen LogP contribution in [0.1, 0.15) is 56.7 Å².